The molecule has 84 valence electrons. The van der Waals surface area contributed by atoms with Gasteiger partial charge in [0.25, 0.3) is 0 Å². The zero-order valence-corrected chi connectivity index (χ0v) is 9.51. The zero-order chi connectivity index (χ0) is 10.7. The molecule has 0 radical (unpaired) electrons. The Morgan fingerprint density at radius 2 is 2.27 bits per heavy atom. The quantitative estimate of drug-likeness (QED) is 0.807. The van der Waals surface area contributed by atoms with Crippen LogP contribution in [-0.2, 0) is 11.3 Å². The fraction of sp³-hybridized carbons (Fsp3) is 0.667. The molecule has 1 aliphatic rings. The van der Waals surface area contributed by atoms with Crippen LogP contribution in [0, 0.1) is 6.92 Å². The topological polar surface area (TPSA) is 34.4 Å². The number of nitrogens with one attached hydrogen (secondary N) is 1. The molecule has 1 aromatic heterocycles. The zero-order valence-electron chi connectivity index (χ0n) is 9.51. The van der Waals surface area contributed by atoms with Crippen LogP contribution in [0.4, 0.5) is 0 Å². The van der Waals surface area contributed by atoms with E-state index in [0.29, 0.717) is 0 Å². The molecule has 0 bridgehead atoms. The molecule has 15 heavy (non-hydrogen) atoms. The van der Waals surface area contributed by atoms with Gasteiger partial charge in [-0.05, 0) is 38.3 Å². The third kappa shape index (κ3) is 2.41. The van der Waals surface area contributed by atoms with E-state index in [-0.39, 0.29) is 5.60 Å². The van der Waals surface area contributed by atoms with Crippen LogP contribution < -0.4 is 5.32 Å². The lowest BCUT2D eigenvalue weighted by molar-refractivity contribution is -0.0697. The number of hydrogen-bond acceptors (Lipinski definition) is 3. The Labute approximate surface area is 90.8 Å². The molecule has 0 unspecified atom stereocenters. The van der Waals surface area contributed by atoms with Crippen LogP contribution in [0.3, 0.4) is 0 Å². The Bertz CT molecular complexity index is 310. The van der Waals surface area contributed by atoms with Crippen molar-refractivity contribution < 1.29 is 9.15 Å². The highest BCUT2D eigenvalue weighted by molar-refractivity contribution is 5.05. The Morgan fingerprint density at radius 1 is 1.47 bits per heavy atom. The van der Waals surface area contributed by atoms with Gasteiger partial charge in [0.1, 0.15) is 11.5 Å². The van der Waals surface area contributed by atoms with Crippen LogP contribution in [0.1, 0.15) is 30.8 Å². The molecule has 0 aliphatic heterocycles. The molecule has 2 rings (SSSR count). The van der Waals surface area contributed by atoms with E-state index in [9.17, 15) is 0 Å². The Kier molecular flexibility index (Phi) is 3.12. The summed E-state index contributed by atoms with van der Waals surface area (Å²) in [6.07, 6.45) is 3.64. The summed E-state index contributed by atoms with van der Waals surface area (Å²) in [6, 6.07) is 4.01. The molecule has 0 amide bonds. The van der Waals surface area contributed by atoms with Crippen LogP contribution in [0.2, 0.25) is 0 Å². The van der Waals surface area contributed by atoms with Gasteiger partial charge in [0.15, 0.2) is 0 Å². The van der Waals surface area contributed by atoms with Crippen LogP contribution in [0.25, 0.3) is 0 Å². The molecule has 0 spiro atoms. The highest BCUT2D eigenvalue weighted by Gasteiger charge is 2.36. The fourth-order valence-electron chi connectivity index (χ4n) is 2.02. The highest BCUT2D eigenvalue weighted by Crippen LogP contribution is 2.34. The first kappa shape index (κ1) is 10.7. The van der Waals surface area contributed by atoms with E-state index in [1.54, 1.807) is 7.11 Å². The Morgan fingerprint density at radius 3 is 2.73 bits per heavy atom. The van der Waals surface area contributed by atoms with Gasteiger partial charge in [0.05, 0.1) is 12.1 Å². The van der Waals surface area contributed by atoms with Crippen molar-refractivity contribution in [1.82, 2.24) is 5.32 Å². The monoisotopic (exact) mass is 209 g/mol. The number of ether oxygens (including phenoxy) is 1. The molecular formula is C12H19NO2. The average Bonchev–Trinajstić information content (AvgIpc) is 2.56. The van der Waals surface area contributed by atoms with Crippen LogP contribution in [-0.4, -0.2) is 19.3 Å². The Balaban J connectivity index is 1.74. The van der Waals surface area contributed by atoms with Gasteiger partial charge >= 0.3 is 0 Å². The minimum atomic E-state index is 0.0988. The molecular weight excluding hydrogens is 190 g/mol. The lowest BCUT2D eigenvalue weighted by atomic mass is 9.80. The number of methoxy groups -OCH3 is 1. The molecule has 1 saturated carbocycles. The SMILES string of the molecule is COC1(CNCc2ccc(C)o2)CCC1. The van der Waals surface area contributed by atoms with E-state index in [0.717, 1.165) is 24.6 Å². The van der Waals surface area contributed by atoms with Gasteiger partial charge in [-0.25, -0.2) is 0 Å². The summed E-state index contributed by atoms with van der Waals surface area (Å²) in [6.45, 7) is 3.67. The predicted molar refractivity (Wildman–Crippen MR) is 58.7 cm³/mol. The molecule has 0 atom stereocenters. The summed E-state index contributed by atoms with van der Waals surface area (Å²) >= 11 is 0. The van der Waals surface area contributed by atoms with Crippen molar-refractivity contribution >= 4 is 0 Å². The van der Waals surface area contributed by atoms with E-state index in [2.05, 4.69) is 5.32 Å². The largest absolute Gasteiger partial charge is 0.465 e. The maximum Gasteiger partial charge on any atom is 0.117 e. The third-order valence-corrected chi connectivity index (χ3v) is 3.24. The first-order valence-electron chi connectivity index (χ1n) is 5.55. The summed E-state index contributed by atoms with van der Waals surface area (Å²) in [5, 5.41) is 3.39. The van der Waals surface area contributed by atoms with Gasteiger partial charge in [-0.1, -0.05) is 0 Å². The van der Waals surface area contributed by atoms with Crippen molar-refractivity contribution in [1.29, 1.82) is 0 Å². The third-order valence-electron chi connectivity index (χ3n) is 3.24. The van der Waals surface area contributed by atoms with Gasteiger partial charge in [-0.2, -0.15) is 0 Å². The first-order valence-corrected chi connectivity index (χ1v) is 5.55. The second-order valence-electron chi connectivity index (χ2n) is 4.36. The summed E-state index contributed by atoms with van der Waals surface area (Å²) in [5.74, 6) is 1.97. The molecule has 0 aromatic carbocycles. The van der Waals surface area contributed by atoms with Crippen molar-refractivity contribution in [2.24, 2.45) is 0 Å². The minimum Gasteiger partial charge on any atom is -0.465 e. The van der Waals surface area contributed by atoms with Gasteiger partial charge in [0, 0.05) is 13.7 Å². The van der Waals surface area contributed by atoms with Crippen molar-refractivity contribution in [2.45, 2.75) is 38.3 Å². The number of aryl methyl sites for hydroxylation is 1. The second-order valence-corrected chi connectivity index (χ2v) is 4.36. The smallest absolute Gasteiger partial charge is 0.117 e. The fourth-order valence-corrected chi connectivity index (χ4v) is 2.02. The summed E-state index contributed by atoms with van der Waals surface area (Å²) < 4.78 is 11.0. The number of furan rings is 1. The summed E-state index contributed by atoms with van der Waals surface area (Å²) in [4.78, 5) is 0. The molecule has 3 nitrogen and oxygen atoms in total. The second kappa shape index (κ2) is 4.37. The lowest BCUT2D eigenvalue weighted by Gasteiger charge is -2.40. The van der Waals surface area contributed by atoms with Gasteiger partial charge < -0.3 is 14.5 Å². The van der Waals surface area contributed by atoms with Crippen molar-refractivity contribution in [3.63, 3.8) is 0 Å². The molecule has 1 aliphatic carbocycles. The summed E-state index contributed by atoms with van der Waals surface area (Å²) in [5.41, 5.74) is 0.0988. The number of hydrogen-bond donors (Lipinski definition) is 1. The molecule has 3 heteroatoms. The van der Waals surface area contributed by atoms with Gasteiger partial charge in [-0.3, -0.25) is 0 Å². The molecule has 1 N–H and O–H groups in total. The van der Waals surface area contributed by atoms with Crippen molar-refractivity contribution in [3.8, 4) is 0 Å². The maximum absolute atomic E-state index is 5.52. The van der Waals surface area contributed by atoms with E-state index >= 15 is 0 Å². The number of rotatable bonds is 5. The molecule has 0 saturated heterocycles. The van der Waals surface area contributed by atoms with E-state index in [1.165, 1.54) is 19.3 Å². The summed E-state index contributed by atoms with van der Waals surface area (Å²) in [7, 11) is 1.80. The predicted octanol–water partition coefficient (Wildman–Crippen LogP) is 2.25. The molecule has 1 fully saturated rings. The molecule has 1 aromatic rings. The highest BCUT2D eigenvalue weighted by atomic mass is 16.5. The van der Waals surface area contributed by atoms with Crippen LogP contribution in [0.5, 0.6) is 0 Å². The first-order chi connectivity index (χ1) is 7.24. The van der Waals surface area contributed by atoms with Gasteiger partial charge in [0.2, 0.25) is 0 Å². The van der Waals surface area contributed by atoms with Gasteiger partial charge in [-0.15, -0.1) is 0 Å². The van der Waals surface area contributed by atoms with Crippen LogP contribution in [0.15, 0.2) is 16.5 Å². The van der Waals surface area contributed by atoms with E-state index in [1.807, 2.05) is 19.1 Å². The van der Waals surface area contributed by atoms with Crippen molar-refractivity contribution in [3.05, 3.63) is 23.7 Å². The van der Waals surface area contributed by atoms with E-state index in [4.69, 9.17) is 9.15 Å². The standard InChI is InChI=1S/C12H19NO2/c1-10-4-5-11(15-10)8-13-9-12(14-2)6-3-7-12/h4-5,13H,3,6-9H2,1-2H3. The lowest BCUT2D eigenvalue weighted by Crippen LogP contribution is -2.47. The van der Waals surface area contributed by atoms with E-state index < -0.39 is 0 Å². The maximum atomic E-state index is 5.52. The average molecular weight is 209 g/mol. The molecule has 1 heterocycles. The Hall–Kier alpha value is -0.800. The van der Waals surface area contributed by atoms with Crippen LogP contribution >= 0.6 is 0 Å². The normalized spacial score (nSPS) is 18.8. The minimum absolute atomic E-state index is 0.0988. The van der Waals surface area contributed by atoms with Crippen molar-refractivity contribution in [2.75, 3.05) is 13.7 Å².